The molecule has 0 aliphatic carbocycles. The van der Waals surface area contributed by atoms with Crippen LogP contribution < -0.4 is 10.9 Å². The van der Waals surface area contributed by atoms with Gasteiger partial charge in [0.25, 0.3) is 0 Å². The molecule has 0 saturated carbocycles. The number of hydrogen-bond acceptors (Lipinski definition) is 3. The summed E-state index contributed by atoms with van der Waals surface area (Å²) in [6.45, 7) is 0. The lowest BCUT2D eigenvalue weighted by Gasteiger charge is -2.15. The molecule has 0 bridgehead atoms. The summed E-state index contributed by atoms with van der Waals surface area (Å²) in [4.78, 5) is 28.3. The van der Waals surface area contributed by atoms with E-state index in [1.54, 1.807) is 6.07 Å². The minimum Gasteiger partial charge on any atom is -0.308 e. The van der Waals surface area contributed by atoms with Crippen LogP contribution in [0.25, 0.3) is 49.2 Å². The standard InChI is InChI=1S/C27H14N2O2/c28-15-16-9-11-17(12-10-16)18-13-21-25-22(14-18)27(31)20-6-2-4-8-24(20)29(25)23-7-3-1-5-19(23)26(21)30/h1-14H/i1D,2D,3D,4D,5D,6D,7D,8D,9D,10D,11D,12D,13D,14D. The summed E-state index contributed by atoms with van der Waals surface area (Å²) < 4.78 is 120. The first-order valence-electron chi connectivity index (χ1n) is 15.8. The zero-order valence-electron chi connectivity index (χ0n) is 29.2. The molecular weight excluding hydrogens is 384 g/mol. The van der Waals surface area contributed by atoms with Crippen molar-refractivity contribution < 1.29 is 19.2 Å². The second kappa shape index (κ2) is 6.25. The SMILES string of the molecule is [2H]c1c([2H])c(-c2c([2H])c3c(=O)c4c([2H])c([2H])c([2H])c([2H])c4n4c5c([2H])c([2H])c([2H])c([2H])c5c(=O)c(c2[2H])c34)c([2H])c([2H])c1C#N. The molecule has 4 aromatic carbocycles. The van der Waals surface area contributed by atoms with E-state index in [4.69, 9.17) is 19.2 Å². The van der Waals surface area contributed by atoms with Crippen molar-refractivity contribution in [3.63, 3.8) is 0 Å². The number of rotatable bonds is 1. The number of para-hydroxylation sites is 2. The summed E-state index contributed by atoms with van der Waals surface area (Å²) in [5, 5.41) is 6.50. The Kier molecular flexibility index (Phi) is 1.68. The van der Waals surface area contributed by atoms with Crippen LogP contribution in [0.2, 0.25) is 0 Å². The van der Waals surface area contributed by atoms with Gasteiger partial charge in [-0.2, -0.15) is 5.26 Å². The van der Waals surface area contributed by atoms with Crippen LogP contribution in [-0.4, -0.2) is 4.40 Å². The first-order chi connectivity index (χ1) is 21.0. The van der Waals surface area contributed by atoms with Gasteiger partial charge >= 0.3 is 0 Å². The van der Waals surface area contributed by atoms with Gasteiger partial charge in [0.05, 0.1) is 47.4 Å². The number of nitrogens with zero attached hydrogens (tertiary/aromatic N) is 2. The van der Waals surface area contributed by atoms with E-state index in [2.05, 4.69) is 0 Å². The lowest BCUT2D eigenvalue weighted by Crippen LogP contribution is -2.14. The molecule has 0 aliphatic rings. The van der Waals surface area contributed by atoms with E-state index in [0.717, 1.165) is 4.40 Å². The molecule has 0 N–H and O–H groups in total. The minimum absolute atomic E-state index is 0.567. The van der Waals surface area contributed by atoms with Gasteiger partial charge in [-0.25, -0.2) is 0 Å². The third-order valence-electron chi connectivity index (χ3n) is 4.87. The van der Waals surface area contributed by atoms with E-state index in [9.17, 15) is 14.9 Å². The Labute approximate surface area is 195 Å². The molecule has 2 heterocycles. The van der Waals surface area contributed by atoms with Crippen molar-refractivity contribution >= 4 is 38.1 Å². The third-order valence-corrected chi connectivity index (χ3v) is 4.87. The van der Waals surface area contributed by atoms with Crippen LogP contribution in [0.4, 0.5) is 0 Å². The highest BCUT2D eigenvalue weighted by Crippen LogP contribution is 2.31. The fraction of sp³-hybridized carbons (Fsp3) is 0. The Morgan fingerprint density at radius 1 is 0.677 bits per heavy atom. The number of aromatic nitrogens is 1. The Morgan fingerprint density at radius 3 is 1.71 bits per heavy atom. The van der Waals surface area contributed by atoms with E-state index in [0.29, 0.717) is 0 Å². The fourth-order valence-electron chi connectivity index (χ4n) is 3.56. The molecule has 4 nitrogen and oxygen atoms in total. The van der Waals surface area contributed by atoms with E-state index in [-0.39, 0.29) is 0 Å². The van der Waals surface area contributed by atoms with Gasteiger partial charge in [0.15, 0.2) is 10.9 Å². The molecule has 144 valence electrons. The molecular formula is C27H14N2O2. The Hall–Kier alpha value is -4.49. The minimum atomic E-state index is -1.21. The smallest absolute Gasteiger partial charge is 0.197 e. The van der Waals surface area contributed by atoms with Crippen molar-refractivity contribution in [2.45, 2.75) is 0 Å². The highest BCUT2D eigenvalue weighted by atomic mass is 16.1. The molecule has 0 radical (unpaired) electrons. The van der Waals surface area contributed by atoms with Crippen LogP contribution in [0.15, 0.2) is 94.2 Å². The molecule has 0 fully saturated rings. The summed E-state index contributed by atoms with van der Waals surface area (Å²) >= 11 is 0. The molecule has 6 aromatic rings. The summed E-state index contributed by atoms with van der Waals surface area (Å²) in [5.41, 5.74) is -6.22. The predicted molar refractivity (Wildman–Crippen MR) is 124 cm³/mol. The third kappa shape index (κ3) is 2.35. The normalized spacial score (nSPS) is 17.8. The Morgan fingerprint density at radius 2 is 1.19 bits per heavy atom. The first kappa shape index (κ1) is 8.33. The van der Waals surface area contributed by atoms with E-state index >= 15 is 0 Å². The van der Waals surface area contributed by atoms with Crippen LogP contribution >= 0.6 is 0 Å². The van der Waals surface area contributed by atoms with Crippen LogP contribution in [0.5, 0.6) is 0 Å². The molecule has 2 aromatic heterocycles. The van der Waals surface area contributed by atoms with Crippen LogP contribution in [0.1, 0.15) is 24.8 Å². The van der Waals surface area contributed by atoms with Gasteiger partial charge in [0.1, 0.15) is 0 Å². The fourth-order valence-corrected chi connectivity index (χ4v) is 3.56. The quantitative estimate of drug-likeness (QED) is 0.279. The second-order valence-corrected chi connectivity index (χ2v) is 6.53. The molecule has 31 heavy (non-hydrogen) atoms. The van der Waals surface area contributed by atoms with E-state index < -0.39 is 150 Å². The number of fused-ring (bicyclic) bond motifs is 4. The van der Waals surface area contributed by atoms with Crippen molar-refractivity contribution in [1.82, 2.24) is 4.40 Å². The highest BCUT2D eigenvalue weighted by molar-refractivity contribution is 6.09. The van der Waals surface area contributed by atoms with Crippen molar-refractivity contribution in [2.24, 2.45) is 0 Å². The number of nitriles is 1. The van der Waals surface area contributed by atoms with Gasteiger partial charge in [-0.05, 0) is 59.5 Å². The van der Waals surface area contributed by atoms with Crippen LogP contribution in [-0.2, 0) is 0 Å². The average Bonchev–Trinajstić information content (AvgIpc) is 3.00. The van der Waals surface area contributed by atoms with Gasteiger partial charge < -0.3 is 4.40 Å². The maximum absolute atomic E-state index is 14.2. The van der Waals surface area contributed by atoms with Crippen LogP contribution in [0, 0.1) is 11.3 Å². The predicted octanol–water partition coefficient (Wildman–Crippen LogP) is 5.10. The molecule has 4 heteroatoms. The average molecular weight is 413 g/mol. The maximum atomic E-state index is 14.2. The molecule has 0 atom stereocenters. The topological polar surface area (TPSA) is 62.3 Å². The number of pyridine rings is 2. The lowest BCUT2D eigenvalue weighted by atomic mass is 9.96. The second-order valence-electron chi connectivity index (χ2n) is 6.53. The van der Waals surface area contributed by atoms with Crippen molar-refractivity contribution in [2.75, 3.05) is 0 Å². The maximum Gasteiger partial charge on any atom is 0.197 e. The molecule has 0 spiro atoms. The molecule has 0 saturated heterocycles. The van der Waals surface area contributed by atoms with Gasteiger partial charge in [-0.1, -0.05) is 36.3 Å². The first-order valence-corrected chi connectivity index (χ1v) is 8.80. The largest absolute Gasteiger partial charge is 0.308 e. The molecule has 0 aliphatic heterocycles. The van der Waals surface area contributed by atoms with Gasteiger partial charge in [0, 0.05) is 21.5 Å². The van der Waals surface area contributed by atoms with Crippen LogP contribution in [0.3, 0.4) is 0 Å². The van der Waals surface area contributed by atoms with Crippen molar-refractivity contribution in [1.29, 1.82) is 5.26 Å². The van der Waals surface area contributed by atoms with Gasteiger partial charge in [-0.3, -0.25) is 9.59 Å². The Bertz CT molecular complexity index is 2430. The lowest BCUT2D eigenvalue weighted by molar-refractivity contribution is 1.31. The summed E-state index contributed by atoms with van der Waals surface area (Å²) in [6.07, 6.45) is 0. The molecule has 6 rings (SSSR count). The molecule has 0 amide bonds. The van der Waals surface area contributed by atoms with E-state index in [1.165, 1.54) is 0 Å². The molecule has 0 unspecified atom stereocenters. The number of hydrogen-bond donors (Lipinski definition) is 0. The summed E-state index contributed by atoms with van der Waals surface area (Å²) in [7, 11) is 0. The van der Waals surface area contributed by atoms with Crippen molar-refractivity contribution in [3.8, 4) is 17.2 Å². The van der Waals surface area contributed by atoms with Crippen molar-refractivity contribution in [3.05, 3.63) is 111 Å². The summed E-state index contributed by atoms with van der Waals surface area (Å²) in [6, 6.07) is -10.3. The monoisotopic (exact) mass is 412 g/mol. The zero-order valence-corrected chi connectivity index (χ0v) is 15.2. The highest BCUT2D eigenvalue weighted by Gasteiger charge is 2.18. The summed E-state index contributed by atoms with van der Waals surface area (Å²) in [5.74, 6) is 0. The zero-order chi connectivity index (χ0) is 33.3. The number of benzene rings is 4. The Balaban J connectivity index is 2.13. The van der Waals surface area contributed by atoms with Gasteiger partial charge in [0.2, 0.25) is 0 Å². The van der Waals surface area contributed by atoms with E-state index in [1.807, 2.05) is 0 Å². The van der Waals surface area contributed by atoms with Gasteiger partial charge in [-0.15, -0.1) is 0 Å².